The molecule has 0 N–H and O–H groups in total. The molecule has 0 saturated carbocycles. The summed E-state index contributed by atoms with van der Waals surface area (Å²) >= 11 is 0. The largest absolute Gasteiger partial charge is 0.489 e. The molecular weight excluding hydrogens is 889 g/mol. The molecule has 0 aliphatic carbocycles. The lowest BCUT2D eigenvalue weighted by molar-refractivity contribution is 0.306. The van der Waals surface area contributed by atoms with E-state index in [1.54, 1.807) is 0 Å². The summed E-state index contributed by atoms with van der Waals surface area (Å²) in [6.45, 7) is 1.85. The molecule has 0 aliphatic rings. The molecule has 0 fully saturated rings. The summed E-state index contributed by atoms with van der Waals surface area (Å²) in [5.41, 5.74) is 11.7. The average molecular weight is 939 g/mol. The molecule has 0 bridgehead atoms. The Morgan fingerprint density at radius 2 is 0.514 bits per heavy atom. The molecule has 0 saturated heterocycles. The Bertz CT molecular complexity index is 3080. The number of ether oxygens (including phenoxy) is 4. The fraction of sp³-hybridized carbons (Fsp3) is 0.0625. The number of para-hydroxylation sites is 4. The Morgan fingerprint density at radius 1 is 0.264 bits per heavy atom. The summed E-state index contributed by atoms with van der Waals surface area (Å²) in [6.07, 6.45) is 3.88. The third-order valence-corrected chi connectivity index (χ3v) is 12.4. The number of hydrogen-bond acceptors (Lipinski definition) is 8. The van der Waals surface area contributed by atoms with Crippen molar-refractivity contribution in [3.63, 3.8) is 0 Å². The Kier molecular flexibility index (Phi) is 13.5. The first kappa shape index (κ1) is 45.1. The zero-order chi connectivity index (χ0) is 48.3. The molecular formula is C64H50N4O4. The van der Waals surface area contributed by atoms with Crippen LogP contribution in [0.3, 0.4) is 0 Å². The molecule has 2 aromatic heterocycles. The van der Waals surface area contributed by atoms with Crippen LogP contribution in [0.15, 0.2) is 255 Å². The minimum Gasteiger partial charge on any atom is -0.489 e. The first-order chi connectivity index (χ1) is 35.6. The van der Waals surface area contributed by atoms with Crippen LogP contribution >= 0.6 is 0 Å². The highest BCUT2D eigenvalue weighted by molar-refractivity contribution is 6.05. The minimum atomic E-state index is 0.464. The highest BCUT2D eigenvalue weighted by atomic mass is 16.5. The van der Waals surface area contributed by atoms with Gasteiger partial charge in [0.25, 0.3) is 0 Å². The predicted octanol–water partition coefficient (Wildman–Crippen LogP) is 16.0. The molecule has 8 heteroatoms. The molecule has 350 valence electrons. The van der Waals surface area contributed by atoms with Gasteiger partial charge in [0, 0.05) is 33.5 Å². The van der Waals surface area contributed by atoms with Crippen LogP contribution in [0.5, 0.6) is 23.0 Å². The quantitative estimate of drug-likeness (QED) is 0.0788. The molecule has 0 radical (unpaired) electrons. The van der Waals surface area contributed by atoms with E-state index in [4.69, 9.17) is 28.9 Å². The van der Waals surface area contributed by atoms with Gasteiger partial charge in [0.2, 0.25) is 0 Å². The molecule has 0 spiro atoms. The van der Waals surface area contributed by atoms with Crippen molar-refractivity contribution >= 4 is 55.9 Å². The molecule has 72 heavy (non-hydrogen) atoms. The molecule has 9 aromatic carbocycles. The standard InChI is InChI=1S/C64H50N4O4/c1-5-13-59(14-6-1)69-43-47-21-31-53(32-22-47)67(54-33-23-48(24-34-54)44-70-60-15-7-2-8-16-60)57-39-51-29-30-52-40-58(42-66-64(52)63(51)65-41-57)68(55-35-25-49(26-36-55)45-71-61-17-9-3-10-18-61)56-37-27-50(28-38-56)46-72-62-19-11-4-12-20-62/h1-42H,43-46H2. The van der Waals surface area contributed by atoms with Gasteiger partial charge in [-0.3, -0.25) is 9.97 Å². The minimum absolute atomic E-state index is 0.464. The van der Waals surface area contributed by atoms with Crippen LogP contribution in [0.4, 0.5) is 34.1 Å². The van der Waals surface area contributed by atoms with Gasteiger partial charge in [-0.05, 0) is 131 Å². The van der Waals surface area contributed by atoms with Crippen molar-refractivity contribution in [3.05, 3.63) is 277 Å². The molecule has 2 heterocycles. The van der Waals surface area contributed by atoms with Crippen LogP contribution in [0.2, 0.25) is 0 Å². The number of fused-ring (bicyclic) bond motifs is 3. The normalized spacial score (nSPS) is 11.0. The zero-order valence-electron chi connectivity index (χ0n) is 39.5. The highest BCUT2D eigenvalue weighted by Gasteiger charge is 2.18. The molecule has 0 amide bonds. The SMILES string of the molecule is c1ccc(OCc2ccc(N(c3ccc(COc4ccccc4)cc3)c3cnc4c(ccc5cc(N(c6ccc(COc7ccccc7)cc6)c6ccc(COc7ccccc7)cc6)cnc54)c3)cc2)cc1. The summed E-state index contributed by atoms with van der Waals surface area (Å²) in [6, 6.07) is 82.2. The van der Waals surface area contributed by atoms with Crippen molar-refractivity contribution in [2.24, 2.45) is 0 Å². The summed E-state index contributed by atoms with van der Waals surface area (Å²) in [5, 5.41) is 1.95. The number of anilines is 6. The zero-order valence-corrected chi connectivity index (χ0v) is 39.5. The monoisotopic (exact) mass is 938 g/mol. The van der Waals surface area contributed by atoms with Gasteiger partial charge in [0.05, 0.1) is 34.8 Å². The van der Waals surface area contributed by atoms with Gasteiger partial charge in [0.1, 0.15) is 49.4 Å². The van der Waals surface area contributed by atoms with Gasteiger partial charge in [-0.1, -0.05) is 133 Å². The maximum atomic E-state index is 6.08. The summed E-state index contributed by atoms with van der Waals surface area (Å²) in [7, 11) is 0. The molecule has 0 atom stereocenters. The predicted molar refractivity (Wildman–Crippen MR) is 290 cm³/mol. The van der Waals surface area contributed by atoms with Gasteiger partial charge in [-0.2, -0.15) is 0 Å². The third-order valence-electron chi connectivity index (χ3n) is 12.4. The Morgan fingerprint density at radius 3 is 0.764 bits per heavy atom. The van der Waals surface area contributed by atoms with E-state index in [2.05, 4.69) is 131 Å². The molecule has 8 nitrogen and oxygen atoms in total. The lowest BCUT2D eigenvalue weighted by Gasteiger charge is -2.26. The van der Waals surface area contributed by atoms with Gasteiger partial charge in [-0.25, -0.2) is 0 Å². The average Bonchev–Trinajstić information content (AvgIpc) is 3.45. The summed E-state index contributed by atoms with van der Waals surface area (Å²) < 4.78 is 24.3. The number of nitrogens with zero attached hydrogens (tertiary/aromatic N) is 4. The van der Waals surface area contributed by atoms with Crippen LogP contribution in [-0.4, -0.2) is 9.97 Å². The second-order valence-electron chi connectivity index (χ2n) is 17.3. The lowest BCUT2D eigenvalue weighted by atomic mass is 10.1. The Labute approximate surface area is 419 Å². The first-order valence-corrected chi connectivity index (χ1v) is 24.0. The number of rotatable bonds is 18. The fourth-order valence-electron chi connectivity index (χ4n) is 8.61. The number of benzene rings is 9. The van der Waals surface area contributed by atoms with Crippen molar-refractivity contribution in [2.75, 3.05) is 9.80 Å². The lowest BCUT2D eigenvalue weighted by Crippen LogP contribution is -2.11. The van der Waals surface area contributed by atoms with E-state index < -0.39 is 0 Å². The molecule has 0 aliphatic heterocycles. The first-order valence-electron chi connectivity index (χ1n) is 24.0. The third kappa shape index (κ3) is 10.7. The second-order valence-corrected chi connectivity index (χ2v) is 17.3. The van der Waals surface area contributed by atoms with Crippen molar-refractivity contribution in [2.45, 2.75) is 26.4 Å². The van der Waals surface area contributed by atoms with E-state index in [-0.39, 0.29) is 0 Å². The summed E-state index contributed by atoms with van der Waals surface area (Å²) in [4.78, 5) is 14.8. The van der Waals surface area contributed by atoms with Gasteiger partial charge in [-0.15, -0.1) is 0 Å². The van der Waals surface area contributed by atoms with Gasteiger partial charge in [0.15, 0.2) is 0 Å². The van der Waals surface area contributed by atoms with Gasteiger partial charge < -0.3 is 28.7 Å². The highest BCUT2D eigenvalue weighted by Crippen LogP contribution is 2.39. The maximum absolute atomic E-state index is 6.08. The number of hydrogen-bond donors (Lipinski definition) is 0. The van der Waals surface area contributed by atoms with Crippen molar-refractivity contribution < 1.29 is 18.9 Å². The maximum Gasteiger partial charge on any atom is 0.119 e. The number of aromatic nitrogens is 2. The van der Waals surface area contributed by atoms with E-state index in [9.17, 15) is 0 Å². The number of pyridine rings is 2. The fourth-order valence-corrected chi connectivity index (χ4v) is 8.61. The van der Waals surface area contributed by atoms with E-state index in [1.165, 1.54) is 0 Å². The second kappa shape index (κ2) is 21.5. The smallest absolute Gasteiger partial charge is 0.119 e. The van der Waals surface area contributed by atoms with Crippen molar-refractivity contribution in [1.29, 1.82) is 0 Å². The van der Waals surface area contributed by atoms with E-state index >= 15 is 0 Å². The topological polar surface area (TPSA) is 69.2 Å². The van der Waals surface area contributed by atoms with Crippen LogP contribution in [0, 0.1) is 0 Å². The Balaban J connectivity index is 0.896. The van der Waals surface area contributed by atoms with Crippen molar-refractivity contribution in [3.8, 4) is 23.0 Å². The van der Waals surface area contributed by atoms with E-state index in [0.717, 1.165) is 101 Å². The molecule has 0 unspecified atom stereocenters. The van der Waals surface area contributed by atoms with Crippen LogP contribution in [0.25, 0.3) is 21.8 Å². The summed E-state index contributed by atoms with van der Waals surface area (Å²) in [5.74, 6) is 3.35. The Hall–Kier alpha value is -9.40. The van der Waals surface area contributed by atoms with E-state index in [1.807, 2.05) is 134 Å². The van der Waals surface area contributed by atoms with Crippen LogP contribution in [0.1, 0.15) is 22.3 Å². The molecule has 11 aromatic rings. The van der Waals surface area contributed by atoms with E-state index in [0.29, 0.717) is 26.4 Å². The van der Waals surface area contributed by atoms with Crippen molar-refractivity contribution in [1.82, 2.24) is 9.97 Å². The van der Waals surface area contributed by atoms with Crippen LogP contribution in [-0.2, 0) is 26.4 Å². The van der Waals surface area contributed by atoms with Gasteiger partial charge >= 0.3 is 0 Å². The molecule has 11 rings (SSSR count). The van der Waals surface area contributed by atoms with Crippen LogP contribution < -0.4 is 28.7 Å².